The number of rotatable bonds is 4. The van der Waals surface area contributed by atoms with Gasteiger partial charge in [0.25, 0.3) is 0 Å². The maximum Gasteiger partial charge on any atom is 0.161 e. The molecule has 5 heteroatoms. The third kappa shape index (κ3) is 3.12. The van der Waals surface area contributed by atoms with Gasteiger partial charge in [0.15, 0.2) is 5.69 Å². The van der Waals surface area contributed by atoms with Crippen molar-refractivity contribution in [3.05, 3.63) is 22.8 Å². The number of hydrogen-bond donors (Lipinski definition) is 2. The van der Waals surface area contributed by atoms with Crippen LogP contribution < -0.4 is 5.32 Å². The number of nitrogens with one attached hydrogen (secondary N) is 1. The van der Waals surface area contributed by atoms with Gasteiger partial charge >= 0.3 is 0 Å². The molecule has 2 rings (SSSR count). The zero-order valence-electron chi connectivity index (χ0n) is 10.1. The Balaban J connectivity index is 1.91. The molecule has 1 aromatic rings. The van der Waals surface area contributed by atoms with E-state index in [1.807, 2.05) is 6.07 Å². The Bertz CT molecular complexity index is 452. The minimum Gasteiger partial charge on any atom is -0.391 e. The van der Waals surface area contributed by atoms with Crippen LogP contribution in [0.5, 0.6) is 0 Å². The van der Waals surface area contributed by atoms with Crippen LogP contribution in [0.2, 0.25) is 5.02 Å². The van der Waals surface area contributed by atoms with E-state index in [-0.39, 0.29) is 11.8 Å². The zero-order chi connectivity index (χ0) is 13.0. The SMILES string of the molecule is N#Cc1nc(NCC(O)C2CCCC2)ccc1Cl. The summed E-state index contributed by atoms with van der Waals surface area (Å²) in [5.74, 6) is 0.966. The molecule has 2 N–H and O–H groups in total. The van der Waals surface area contributed by atoms with Crippen molar-refractivity contribution < 1.29 is 5.11 Å². The van der Waals surface area contributed by atoms with E-state index in [9.17, 15) is 5.11 Å². The van der Waals surface area contributed by atoms with E-state index in [2.05, 4.69) is 10.3 Å². The fraction of sp³-hybridized carbons (Fsp3) is 0.538. The Morgan fingerprint density at radius 3 is 2.89 bits per heavy atom. The Hall–Kier alpha value is -1.31. The van der Waals surface area contributed by atoms with Crippen LogP contribution in [0, 0.1) is 17.2 Å². The van der Waals surface area contributed by atoms with E-state index < -0.39 is 0 Å². The molecule has 0 spiro atoms. The Kier molecular flexibility index (Phi) is 4.40. The lowest BCUT2D eigenvalue weighted by molar-refractivity contribution is 0.123. The molecule has 0 aliphatic heterocycles. The predicted octanol–water partition coefficient (Wildman–Crippen LogP) is 2.57. The van der Waals surface area contributed by atoms with E-state index in [4.69, 9.17) is 16.9 Å². The van der Waals surface area contributed by atoms with Gasteiger partial charge in [-0.1, -0.05) is 24.4 Å². The first-order valence-electron chi connectivity index (χ1n) is 6.19. The van der Waals surface area contributed by atoms with Crippen LogP contribution in [-0.4, -0.2) is 22.7 Å². The van der Waals surface area contributed by atoms with E-state index in [1.54, 1.807) is 12.1 Å². The van der Waals surface area contributed by atoms with Gasteiger partial charge in [0, 0.05) is 6.54 Å². The fourth-order valence-corrected chi connectivity index (χ4v) is 2.48. The Morgan fingerprint density at radius 1 is 1.50 bits per heavy atom. The molecular formula is C13H16ClN3O. The topological polar surface area (TPSA) is 68.9 Å². The van der Waals surface area contributed by atoms with Gasteiger partial charge in [-0.2, -0.15) is 5.26 Å². The van der Waals surface area contributed by atoms with Gasteiger partial charge in [0.05, 0.1) is 11.1 Å². The molecule has 0 saturated heterocycles. The maximum atomic E-state index is 10.0. The van der Waals surface area contributed by atoms with Crippen LogP contribution in [0.1, 0.15) is 31.4 Å². The second kappa shape index (κ2) is 6.03. The molecule has 0 amide bonds. The summed E-state index contributed by atoms with van der Waals surface area (Å²) < 4.78 is 0. The first-order valence-corrected chi connectivity index (χ1v) is 6.57. The van der Waals surface area contributed by atoms with Crippen LogP contribution in [0.15, 0.2) is 12.1 Å². The van der Waals surface area contributed by atoms with E-state index in [1.165, 1.54) is 12.8 Å². The van der Waals surface area contributed by atoms with Gasteiger partial charge in [0.2, 0.25) is 0 Å². The average Bonchev–Trinajstić information content (AvgIpc) is 2.91. The summed E-state index contributed by atoms with van der Waals surface area (Å²) in [4.78, 5) is 4.07. The third-order valence-corrected chi connectivity index (χ3v) is 3.69. The molecule has 96 valence electrons. The molecule has 1 aliphatic rings. The van der Waals surface area contributed by atoms with Gasteiger partial charge in [-0.15, -0.1) is 0 Å². The van der Waals surface area contributed by atoms with Gasteiger partial charge in [-0.05, 0) is 30.9 Å². The molecule has 1 unspecified atom stereocenters. The number of hydrogen-bond acceptors (Lipinski definition) is 4. The van der Waals surface area contributed by atoms with Gasteiger partial charge in [-0.25, -0.2) is 4.98 Å². The van der Waals surface area contributed by atoms with Crippen LogP contribution in [0.25, 0.3) is 0 Å². The summed E-state index contributed by atoms with van der Waals surface area (Å²) in [6.45, 7) is 0.462. The minimum absolute atomic E-state index is 0.206. The second-order valence-corrected chi connectivity index (χ2v) is 5.04. The molecular weight excluding hydrogens is 250 g/mol. The molecule has 0 bridgehead atoms. The monoisotopic (exact) mass is 265 g/mol. The molecule has 1 saturated carbocycles. The highest BCUT2D eigenvalue weighted by molar-refractivity contribution is 6.31. The number of nitrogens with zero attached hydrogens (tertiary/aromatic N) is 2. The lowest BCUT2D eigenvalue weighted by Crippen LogP contribution is -2.27. The highest BCUT2D eigenvalue weighted by Gasteiger charge is 2.22. The zero-order valence-corrected chi connectivity index (χ0v) is 10.8. The average molecular weight is 266 g/mol. The number of aromatic nitrogens is 1. The molecule has 0 radical (unpaired) electrons. The highest BCUT2D eigenvalue weighted by Crippen LogP contribution is 2.27. The van der Waals surface area contributed by atoms with Crippen LogP contribution in [0.3, 0.4) is 0 Å². The number of aliphatic hydroxyl groups excluding tert-OH is 1. The first kappa shape index (κ1) is 13.1. The van der Waals surface area contributed by atoms with Crippen molar-refractivity contribution in [3.8, 4) is 6.07 Å². The van der Waals surface area contributed by atoms with Crippen LogP contribution in [-0.2, 0) is 0 Å². The number of pyridine rings is 1. The number of halogens is 1. The molecule has 4 nitrogen and oxygen atoms in total. The predicted molar refractivity (Wildman–Crippen MR) is 70.4 cm³/mol. The van der Waals surface area contributed by atoms with Gasteiger partial charge < -0.3 is 10.4 Å². The van der Waals surface area contributed by atoms with Crippen LogP contribution >= 0.6 is 11.6 Å². The van der Waals surface area contributed by atoms with Crippen molar-refractivity contribution in [2.45, 2.75) is 31.8 Å². The van der Waals surface area contributed by atoms with Crippen molar-refractivity contribution >= 4 is 17.4 Å². The maximum absolute atomic E-state index is 10.0. The van der Waals surface area contributed by atoms with Crippen molar-refractivity contribution in [2.24, 2.45) is 5.92 Å². The van der Waals surface area contributed by atoms with E-state index in [0.29, 0.717) is 23.3 Å². The van der Waals surface area contributed by atoms with Crippen molar-refractivity contribution in [2.75, 3.05) is 11.9 Å². The molecule has 1 aromatic heterocycles. The standard InChI is InChI=1S/C13H16ClN3O/c14-10-5-6-13(17-11(10)7-15)16-8-12(18)9-3-1-2-4-9/h5-6,9,12,18H,1-4,8H2,(H,16,17). The van der Waals surface area contributed by atoms with Gasteiger partial charge in [-0.3, -0.25) is 0 Å². The highest BCUT2D eigenvalue weighted by atomic mass is 35.5. The molecule has 1 atom stereocenters. The quantitative estimate of drug-likeness (QED) is 0.878. The van der Waals surface area contributed by atoms with Crippen molar-refractivity contribution in [1.29, 1.82) is 5.26 Å². The summed E-state index contributed by atoms with van der Waals surface area (Å²) in [7, 11) is 0. The van der Waals surface area contributed by atoms with E-state index in [0.717, 1.165) is 12.8 Å². The molecule has 1 fully saturated rings. The fourth-order valence-electron chi connectivity index (χ4n) is 2.34. The third-order valence-electron chi connectivity index (χ3n) is 3.39. The molecule has 0 aromatic carbocycles. The number of nitriles is 1. The summed E-state index contributed by atoms with van der Waals surface area (Å²) in [5, 5.41) is 22.2. The first-order chi connectivity index (χ1) is 8.70. The number of aliphatic hydroxyl groups is 1. The Labute approximate surface area is 112 Å². The van der Waals surface area contributed by atoms with Crippen LogP contribution in [0.4, 0.5) is 5.82 Å². The molecule has 1 heterocycles. The molecule has 1 aliphatic carbocycles. The van der Waals surface area contributed by atoms with E-state index >= 15 is 0 Å². The summed E-state index contributed by atoms with van der Waals surface area (Å²) in [6, 6.07) is 5.28. The second-order valence-electron chi connectivity index (χ2n) is 4.63. The normalized spacial score (nSPS) is 17.4. The largest absolute Gasteiger partial charge is 0.391 e. The lowest BCUT2D eigenvalue weighted by Gasteiger charge is -2.18. The summed E-state index contributed by atoms with van der Waals surface area (Å²) in [6.07, 6.45) is 4.26. The smallest absolute Gasteiger partial charge is 0.161 e. The van der Waals surface area contributed by atoms with Crippen molar-refractivity contribution in [1.82, 2.24) is 4.98 Å². The summed E-state index contributed by atoms with van der Waals surface area (Å²) >= 11 is 5.80. The minimum atomic E-state index is -0.351. The summed E-state index contributed by atoms with van der Waals surface area (Å²) in [5.41, 5.74) is 0.206. The molecule has 18 heavy (non-hydrogen) atoms. The Morgan fingerprint density at radius 2 is 2.22 bits per heavy atom. The van der Waals surface area contributed by atoms with Crippen molar-refractivity contribution in [3.63, 3.8) is 0 Å². The lowest BCUT2D eigenvalue weighted by atomic mass is 10.0. The number of anilines is 1. The van der Waals surface area contributed by atoms with Gasteiger partial charge in [0.1, 0.15) is 11.9 Å².